The van der Waals surface area contributed by atoms with E-state index >= 15 is 0 Å². The number of anilines is 1. The van der Waals surface area contributed by atoms with Gasteiger partial charge in [0.25, 0.3) is 5.91 Å². The molecule has 3 aromatic rings. The number of Topliss-reactive ketones (excluding diaryl/α,β-unsaturated/α-hetero) is 1. The topological polar surface area (TPSA) is 57.6 Å². The van der Waals surface area contributed by atoms with E-state index in [9.17, 15) is 14.7 Å². The number of carbonyl (C=O) groups excluding carboxylic acids is 2. The first-order valence-electron chi connectivity index (χ1n) is 9.13. The third kappa shape index (κ3) is 2.83. The Bertz CT molecular complexity index is 1100. The molecule has 1 atom stereocenters. The molecule has 28 heavy (non-hydrogen) atoms. The summed E-state index contributed by atoms with van der Waals surface area (Å²) in [6, 6.07) is 16.7. The van der Waals surface area contributed by atoms with Crippen LogP contribution in [0.3, 0.4) is 0 Å². The number of thiophene rings is 1. The Morgan fingerprint density at radius 1 is 1.04 bits per heavy atom. The lowest BCUT2D eigenvalue weighted by atomic mass is 9.83. The van der Waals surface area contributed by atoms with Crippen molar-refractivity contribution in [3.8, 4) is 0 Å². The van der Waals surface area contributed by atoms with Gasteiger partial charge in [-0.15, -0.1) is 11.3 Å². The highest BCUT2D eigenvalue weighted by molar-refractivity contribution is 7.10. The van der Waals surface area contributed by atoms with Crippen molar-refractivity contribution in [1.29, 1.82) is 0 Å². The number of nitrogens with zero attached hydrogens (tertiary/aromatic N) is 1. The predicted octanol–water partition coefficient (Wildman–Crippen LogP) is 5.42. The van der Waals surface area contributed by atoms with Crippen LogP contribution in [0.5, 0.6) is 0 Å². The Kier molecular flexibility index (Phi) is 4.35. The molecule has 0 spiro atoms. The molecule has 0 radical (unpaired) electrons. The largest absolute Gasteiger partial charge is 0.503 e. The molecule has 2 heterocycles. The standard InChI is InChI=1S/C23H21NO3S/c1-23(2,3)21(26)18-19(17-12-7-13-28-17)24(22(27)20(18)25)16-11-6-9-14-8-4-5-10-15(14)16/h4-13,19,25H,1-3H3. The normalized spacial score (nSPS) is 17.6. The van der Waals surface area contributed by atoms with E-state index in [0.29, 0.717) is 5.69 Å². The molecule has 5 heteroatoms. The summed E-state index contributed by atoms with van der Waals surface area (Å²) in [5.74, 6) is -1.21. The van der Waals surface area contributed by atoms with Gasteiger partial charge in [-0.05, 0) is 22.9 Å². The molecule has 1 aliphatic heterocycles. The van der Waals surface area contributed by atoms with Gasteiger partial charge in [-0.3, -0.25) is 14.5 Å². The Hall–Kier alpha value is -2.92. The first kappa shape index (κ1) is 18.4. The minimum absolute atomic E-state index is 0.174. The maximum Gasteiger partial charge on any atom is 0.294 e. The average molecular weight is 391 g/mol. The summed E-state index contributed by atoms with van der Waals surface area (Å²) in [7, 11) is 0. The second-order valence-electron chi connectivity index (χ2n) is 7.93. The summed E-state index contributed by atoms with van der Waals surface area (Å²) in [6.07, 6.45) is 0. The Morgan fingerprint density at radius 2 is 1.75 bits per heavy atom. The van der Waals surface area contributed by atoms with Gasteiger partial charge in [-0.2, -0.15) is 0 Å². The van der Waals surface area contributed by atoms with Crippen LogP contribution in [0.1, 0.15) is 31.7 Å². The third-order valence-corrected chi connectivity index (χ3v) is 5.90. The number of hydrogen-bond donors (Lipinski definition) is 1. The van der Waals surface area contributed by atoms with Crippen LogP contribution in [-0.4, -0.2) is 16.8 Å². The number of aliphatic hydroxyl groups is 1. The monoisotopic (exact) mass is 391 g/mol. The van der Waals surface area contributed by atoms with E-state index in [2.05, 4.69) is 0 Å². The molecule has 0 saturated carbocycles. The van der Waals surface area contributed by atoms with Crippen LogP contribution in [0.15, 0.2) is 71.3 Å². The minimum Gasteiger partial charge on any atom is -0.503 e. The fourth-order valence-corrected chi connectivity index (χ4v) is 4.45. The van der Waals surface area contributed by atoms with Crippen molar-refractivity contribution in [2.24, 2.45) is 5.41 Å². The van der Waals surface area contributed by atoms with Gasteiger partial charge in [0.2, 0.25) is 0 Å². The van der Waals surface area contributed by atoms with E-state index in [1.165, 1.54) is 11.3 Å². The maximum absolute atomic E-state index is 13.2. The van der Waals surface area contributed by atoms with Crippen LogP contribution in [0, 0.1) is 5.41 Å². The van der Waals surface area contributed by atoms with Gasteiger partial charge < -0.3 is 5.11 Å². The van der Waals surface area contributed by atoms with Crippen molar-refractivity contribution in [1.82, 2.24) is 0 Å². The molecule has 4 nitrogen and oxygen atoms in total. The zero-order chi connectivity index (χ0) is 20.1. The summed E-state index contributed by atoms with van der Waals surface area (Å²) in [5, 5.41) is 14.5. The van der Waals surface area contributed by atoms with E-state index in [1.807, 2.05) is 60.0 Å². The summed E-state index contributed by atoms with van der Waals surface area (Å²) in [5.41, 5.74) is 0.145. The van der Waals surface area contributed by atoms with Gasteiger partial charge in [0.1, 0.15) is 6.04 Å². The van der Waals surface area contributed by atoms with Gasteiger partial charge in [-0.1, -0.05) is 63.2 Å². The second kappa shape index (κ2) is 6.60. The molecule has 1 amide bonds. The predicted molar refractivity (Wildman–Crippen MR) is 113 cm³/mol. The van der Waals surface area contributed by atoms with Crippen LogP contribution >= 0.6 is 11.3 Å². The van der Waals surface area contributed by atoms with Crippen LogP contribution < -0.4 is 4.90 Å². The van der Waals surface area contributed by atoms with Gasteiger partial charge in [-0.25, -0.2) is 0 Å². The van der Waals surface area contributed by atoms with Crippen molar-refractivity contribution < 1.29 is 14.7 Å². The number of hydrogen-bond acceptors (Lipinski definition) is 4. The Labute approximate surface area is 167 Å². The molecule has 142 valence electrons. The van der Waals surface area contributed by atoms with E-state index in [0.717, 1.165) is 15.6 Å². The van der Waals surface area contributed by atoms with Gasteiger partial charge in [0, 0.05) is 15.7 Å². The van der Waals surface area contributed by atoms with Crippen molar-refractivity contribution >= 4 is 39.5 Å². The number of ketones is 1. The lowest BCUT2D eigenvalue weighted by molar-refractivity contribution is -0.123. The highest BCUT2D eigenvalue weighted by Gasteiger charge is 2.47. The molecule has 1 aliphatic rings. The third-order valence-electron chi connectivity index (χ3n) is 4.97. The molecular weight excluding hydrogens is 370 g/mol. The summed E-state index contributed by atoms with van der Waals surface area (Å²) in [4.78, 5) is 28.7. The van der Waals surface area contributed by atoms with Crippen molar-refractivity contribution in [2.75, 3.05) is 4.90 Å². The molecule has 1 N–H and O–H groups in total. The van der Waals surface area contributed by atoms with Crippen LogP contribution in [0.25, 0.3) is 10.8 Å². The minimum atomic E-state index is -0.714. The first-order valence-corrected chi connectivity index (χ1v) is 10.0. The Balaban J connectivity index is 1.95. The zero-order valence-electron chi connectivity index (χ0n) is 16.0. The van der Waals surface area contributed by atoms with E-state index in [4.69, 9.17) is 0 Å². The Morgan fingerprint density at radius 3 is 2.43 bits per heavy atom. The average Bonchev–Trinajstić information content (AvgIpc) is 3.27. The van der Waals surface area contributed by atoms with Gasteiger partial charge in [0.15, 0.2) is 11.5 Å². The zero-order valence-corrected chi connectivity index (χ0v) is 16.8. The maximum atomic E-state index is 13.2. The van der Waals surface area contributed by atoms with E-state index in [-0.39, 0.29) is 11.4 Å². The number of rotatable bonds is 3. The van der Waals surface area contributed by atoms with E-state index < -0.39 is 23.1 Å². The highest BCUT2D eigenvalue weighted by atomic mass is 32.1. The first-order chi connectivity index (χ1) is 13.3. The molecule has 4 rings (SSSR count). The summed E-state index contributed by atoms with van der Waals surface area (Å²) >= 11 is 1.47. The number of amides is 1. The molecule has 0 bridgehead atoms. The molecule has 0 fully saturated rings. The van der Waals surface area contributed by atoms with Gasteiger partial charge in [0.05, 0.1) is 11.3 Å². The molecule has 2 aromatic carbocycles. The SMILES string of the molecule is CC(C)(C)C(=O)C1=C(O)C(=O)N(c2cccc3ccccc23)C1c1cccs1. The number of aliphatic hydroxyl groups excluding tert-OH is 1. The smallest absolute Gasteiger partial charge is 0.294 e. The summed E-state index contributed by atoms with van der Waals surface area (Å²) in [6.45, 7) is 5.39. The van der Waals surface area contributed by atoms with Gasteiger partial charge >= 0.3 is 0 Å². The highest BCUT2D eigenvalue weighted by Crippen LogP contribution is 2.46. The fraction of sp³-hybridized carbons (Fsp3) is 0.217. The van der Waals surface area contributed by atoms with Crippen molar-refractivity contribution in [3.63, 3.8) is 0 Å². The lowest BCUT2D eigenvalue weighted by Gasteiger charge is -2.28. The molecule has 1 unspecified atom stereocenters. The van der Waals surface area contributed by atoms with Crippen LogP contribution in [0.4, 0.5) is 5.69 Å². The van der Waals surface area contributed by atoms with Crippen LogP contribution in [-0.2, 0) is 9.59 Å². The van der Waals surface area contributed by atoms with Crippen LogP contribution in [0.2, 0.25) is 0 Å². The molecule has 1 aromatic heterocycles. The summed E-state index contributed by atoms with van der Waals surface area (Å²) < 4.78 is 0. The number of carbonyl (C=O) groups is 2. The number of fused-ring (bicyclic) bond motifs is 1. The van der Waals surface area contributed by atoms with E-state index in [1.54, 1.807) is 25.7 Å². The number of benzene rings is 2. The molecule has 0 aliphatic carbocycles. The molecular formula is C23H21NO3S. The second-order valence-corrected chi connectivity index (χ2v) is 8.91. The quantitative estimate of drug-likeness (QED) is 0.649. The van der Waals surface area contributed by atoms with Crippen molar-refractivity contribution in [2.45, 2.75) is 26.8 Å². The van der Waals surface area contributed by atoms with Crippen molar-refractivity contribution in [3.05, 3.63) is 76.2 Å². The molecule has 0 saturated heterocycles. The fourth-order valence-electron chi connectivity index (χ4n) is 3.62. The lowest BCUT2D eigenvalue weighted by Crippen LogP contribution is -2.32.